The van der Waals surface area contributed by atoms with Crippen molar-refractivity contribution in [1.29, 1.82) is 0 Å². The third kappa shape index (κ3) is 13.0. The van der Waals surface area contributed by atoms with Gasteiger partial charge in [0.1, 0.15) is 0 Å². The van der Waals surface area contributed by atoms with Gasteiger partial charge in [0.25, 0.3) is 0 Å². The minimum atomic E-state index is 0. The second kappa shape index (κ2) is 40.7. The molecule has 0 spiro atoms. The van der Waals surface area contributed by atoms with E-state index in [4.69, 9.17) is 0 Å². The van der Waals surface area contributed by atoms with Crippen LogP contribution in [0.25, 0.3) is 0 Å². The molecule has 0 aromatic carbocycles. The Morgan fingerprint density at radius 1 is 1.00 bits per heavy atom. The van der Waals surface area contributed by atoms with Gasteiger partial charge in [-0.25, -0.2) is 0 Å². The minimum Gasteiger partial charge on any atom is -0.344 e. The molecule has 0 bridgehead atoms. The molecular weight excluding hydrogens is 116 g/mol. The van der Waals surface area contributed by atoms with Gasteiger partial charge in [-0.15, -0.1) is 0 Å². The van der Waals surface area contributed by atoms with Gasteiger partial charge in [0, 0.05) is 16.8 Å². The molecular formula is CH10CoNP. The zero-order valence-electron chi connectivity index (χ0n) is 1.75. The average Bonchev–Trinajstić information content (AvgIpc) is 0. The van der Waals surface area contributed by atoms with E-state index in [0.717, 1.165) is 0 Å². The zero-order chi connectivity index (χ0) is 0. The Morgan fingerprint density at radius 2 is 1.00 bits per heavy atom. The van der Waals surface area contributed by atoms with Gasteiger partial charge in [-0.2, -0.15) is 9.90 Å². The van der Waals surface area contributed by atoms with Crippen LogP contribution in [0.3, 0.4) is 0 Å². The molecule has 1 atom stereocenters. The van der Waals surface area contributed by atoms with Crippen molar-refractivity contribution < 1.29 is 16.8 Å². The molecule has 0 aliphatic carbocycles. The fourth-order valence-electron chi connectivity index (χ4n) is 0. The van der Waals surface area contributed by atoms with Crippen molar-refractivity contribution in [3.63, 3.8) is 0 Å². The fraction of sp³-hybridized carbons (Fsp3) is 1.00. The van der Waals surface area contributed by atoms with Crippen molar-refractivity contribution in [2.45, 2.75) is 7.43 Å². The first-order chi connectivity index (χ1) is 0. The summed E-state index contributed by atoms with van der Waals surface area (Å²) in [7, 11) is 0. The summed E-state index contributed by atoms with van der Waals surface area (Å²) in [5, 5.41) is 0. The van der Waals surface area contributed by atoms with Crippen molar-refractivity contribution in [3.8, 4) is 0 Å². The van der Waals surface area contributed by atoms with Crippen molar-refractivity contribution in [3.05, 3.63) is 0 Å². The van der Waals surface area contributed by atoms with Crippen molar-refractivity contribution in [1.82, 2.24) is 6.15 Å². The summed E-state index contributed by atoms with van der Waals surface area (Å²) in [6, 6.07) is 0. The fourth-order valence-corrected chi connectivity index (χ4v) is 0. The summed E-state index contributed by atoms with van der Waals surface area (Å²) < 4.78 is 0. The third-order valence-electron chi connectivity index (χ3n) is 0. The molecule has 0 aromatic heterocycles. The predicted molar refractivity (Wildman–Crippen MR) is 22.9 cm³/mol. The molecule has 1 nitrogen and oxygen atoms in total. The second-order valence-corrected chi connectivity index (χ2v) is 0. The van der Waals surface area contributed by atoms with Crippen LogP contribution in [0.5, 0.6) is 0 Å². The smallest absolute Gasteiger partial charge is 0 e. The van der Waals surface area contributed by atoms with E-state index in [1.165, 1.54) is 0 Å². The maximum absolute atomic E-state index is 0. The maximum atomic E-state index is 0. The topological polar surface area (TPSA) is 35.0 Å². The Kier molecular flexibility index (Phi) is 941. The van der Waals surface area contributed by atoms with Crippen LogP contribution in [0, 0.1) is 0 Å². The number of hydrogen-bond acceptors (Lipinski definition) is 1. The Bertz CT molecular complexity index is 8.00. The number of hydrogen-bond donors (Lipinski definition) is 1. The van der Waals surface area contributed by atoms with E-state index in [1.807, 2.05) is 0 Å². The third-order valence-corrected chi connectivity index (χ3v) is 0. The molecule has 0 saturated carbocycles. The summed E-state index contributed by atoms with van der Waals surface area (Å²) in [5.41, 5.74) is 0. The van der Waals surface area contributed by atoms with Gasteiger partial charge in [-0.1, -0.05) is 7.43 Å². The van der Waals surface area contributed by atoms with E-state index in [0.29, 0.717) is 0 Å². The van der Waals surface area contributed by atoms with Crippen LogP contribution in [0.2, 0.25) is 0 Å². The van der Waals surface area contributed by atoms with Gasteiger partial charge in [0.2, 0.25) is 0 Å². The molecule has 1 unspecified atom stereocenters. The van der Waals surface area contributed by atoms with E-state index >= 15 is 0 Å². The molecule has 0 aliphatic heterocycles. The quantitative estimate of drug-likeness (QED) is 0.480. The first-order valence-electron chi connectivity index (χ1n) is 0. The van der Waals surface area contributed by atoms with E-state index in [1.54, 1.807) is 0 Å². The van der Waals surface area contributed by atoms with Crippen LogP contribution in [0.1, 0.15) is 7.43 Å². The maximum Gasteiger partial charge on any atom is 0 e. The van der Waals surface area contributed by atoms with E-state index < -0.39 is 0 Å². The van der Waals surface area contributed by atoms with Crippen molar-refractivity contribution >= 4 is 9.90 Å². The Hall–Kier alpha value is 0.896. The second-order valence-electron chi connectivity index (χ2n) is 0. The standard InChI is InChI=1S/CH4.Co.H3N.H3P/h1H4;;2*1H3. The van der Waals surface area contributed by atoms with Gasteiger partial charge in [-0.3, -0.25) is 0 Å². The molecule has 0 saturated heterocycles. The normalized spacial score (nSPS) is 0. The molecule has 3 heteroatoms. The molecule has 0 heterocycles. The van der Waals surface area contributed by atoms with E-state index in [9.17, 15) is 0 Å². The summed E-state index contributed by atoms with van der Waals surface area (Å²) in [6.07, 6.45) is 0. The van der Waals surface area contributed by atoms with Crippen LogP contribution >= 0.6 is 9.90 Å². The first-order valence-corrected chi connectivity index (χ1v) is 0. The minimum absolute atomic E-state index is 0. The Morgan fingerprint density at radius 3 is 1.00 bits per heavy atom. The van der Waals surface area contributed by atoms with Gasteiger partial charge < -0.3 is 6.15 Å². The van der Waals surface area contributed by atoms with E-state index in [-0.39, 0.29) is 40.3 Å². The first kappa shape index (κ1) is 92.5. The van der Waals surface area contributed by atoms with Crippen LogP contribution in [-0.4, -0.2) is 0 Å². The van der Waals surface area contributed by atoms with Gasteiger partial charge in [0.05, 0.1) is 0 Å². The zero-order valence-corrected chi connectivity index (χ0v) is 4.20. The molecule has 0 amide bonds. The van der Waals surface area contributed by atoms with Crippen molar-refractivity contribution in [2.24, 2.45) is 0 Å². The van der Waals surface area contributed by atoms with Crippen LogP contribution in [0.4, 0.5) is 0 Å². The molecule has 4 heavy (non-hydrogen) atoms. The Labute approximate surface area is 40.9 Å². The van der Waals surface area contributed by atoms with Crippen LogP contribution in [0.15, 0.2) is 0 Å². The SMILES string of the molecule is C.N.P.[Co]. The average molecular weight is 126 g/mol. The summed E-state index contributed by atoms with van der Waals surface area (Å²) in [5.74, 6) is 0. The summed E-state index contributed by atoms with van der Waals surface area (Å²) >= 11 is 0. The predicted octanol–water partition coefficient (Wildman–Crippen LogP) is 0.854. The van der Waals surface area contributed by atoms with Gasteiger partial charge in [-0.05, 0) is 0 Å². The Balaban J connectivity index is 0. The number of rotatable bonds is 0. The van der Waals surface area contributed by atoms with Crippen molar-refractivity contribution in [2.75, 3.05) is 0 Å². The molecule has 33 valence electrons. The summed E-state index contributed by atoms with van der Waals surface area (Å²) in [4.78, 5) is 0. The van der Waals surface area contributed by atoms with Crippen LogP contribution < -0.4 is 6.15 Å². The molecule has 3 N–H and O–H groups in total. The van der Waals surface area contributed by atoms with Gasteiger partial charge >= 0.3 is 0 Å². The molecule has 0 aromatic rings. The monoisotopic (exact) mass is 126 g/mol. The van der Waals surface area contributed by atoms with Crippen LogP contribution in [-0.2, 0) is 16.8 Å². The molecule has 0 fully saturated rings. The van der Waals surface area contributed by atoms with E-state index in [2.05, 4.69) is 0 Å². The molecule has 0 aliphatic rings. The molecule has 1 radical (unpaired) electrons. The molecule has 0 rings (SSSR count). The summed E-state index contributed by atoms with van der Waals surface area (Å²) in [6.45, 7) is 0. The van der Waals surface area contributed by atoms with Gasteiger partial charge in [0.15, 0.2) is 0 Å². The largest absolute Gasteiger partial charge is 0.344 e.